The van der Waals surface area contributed by atoms with Gasteiger partial charge in [-0.1, -0.05) is 39.3 Å². The molecule has 1 fully saturated rings. The van der Waals surface area contributed by atoms with Crippen molar-refractivity contribution >= 4 is 23.0 Å². The lowest BCUT2D eigenvalue weighted by molar-refractivity contribution is -0.182. The second kappa shape index (κ2) is 9.76. The number of benzene rings is 1. The first kappa shape index (κ1) is 22.0. The van der Waals surface area contributed by atoms with Gasteiger partial charge in [-0.15, -0.1) is 0 Å². The molecule has 0 heterocycles. The molecule has 2 rings (SSSR count). The van der Waals surface area contributed by atoms with Crippen LogP contribution in [-0.4, -0.2) is 17.3 Å². The zero-order valence-electron chi connectivity index (χ0n) is 16.5. The molecular formula is C21H31F3N2S. The van der Waals surface area contributed by atoms with Crippen LogP contribution in [-0.2, 0) is 19.3 Å². The number of alkyl halides is 3. The topological polar surface area (TPSA) is 24.1 Å². The van der Waals surface area contributed by atoms with Crippen LogP contribution in [0.4, 0.5) is 18.9 Å². The van der Waals surface area contributed by atoms with Crippen LogP contribution in [0.5, 0.6) is 0 Å². The highest BCUT2D eigenvalue weighted by molar-refractivity contribution is 7.80. The highest BCUT2D eigenvalue weighted by atomic mass is 32.1. The summed E-state index contributed by atoms with van der Waals surface area (Å²) in [7, 11) is 0. The van der Waals surface area contributed by atoms with E-state index in [2.05, 4.69) is 43.5 Å². The van der Waals surface area contributed by atoms with Gasteiger partial charge >= 0.3 is 6.18 Å². The Bertz CT molecular complexity index is 610. The molecule has 2 N–H and O–H groups in total. The Morgan fingerprint density at radius 2 is 1.59 bits per heavy atom. The Morgan fingerprint density at radius 1 is 1.04 bits per heavy atom. The van der Waals surface area contributed by atoms with Gasteiger partial charge in [0.1, 0.15) is 0 Å². The molecule has 0 amide bonds. The molecule has 1 aliphatic rings. The van der Waals surface area contributed by atoms with Gasteiger partial charge in [-0.2, -0.15) is 13.2 Å². The maximum absolute atomic E-state index is 12.8. The largest absolute Gasteiger partial charge is 0.391 e. The van der Waals surface area contributed by atoms with Gasteiger partial charge in [0.15, 0.2) is 5.11 Å². The van der Waals surface area contributed by atoms with Crippen LogP contribution in [0.1, 0.15) is 69.6 Å². The molecule has 2 nitrogen and oxygen atoms in total. The van der Waals surface area contributed by atoms with E-state index in [4.69, 9.17) is 12.2 Å². The summed E-state index contributed by atoms with van der Waals surface area (Å²) in [6.07, 6.45) is 1.27. The fourth-order valence-corrected chi connectivity index (χ4v) is 4.16. The summed E-state index contributed by atoms with van der Waals surface area (Å²) in [5.41, 5.74) is 4.88. The average Bonchev–Trinajstić information content (AvgIpc) is 2.62. The van der Waals surface area contributed by atoms with Gasteiger partial charge in [-0.3, -0.25) is 0 Å². The lowest BCUT2D eigenvalue weighted by atomic mass is 9.86. The van der Waals surface area contributed by atoms with Crippen LogP contribution in [0.3, 0.4) is 0 Å². The summed E-state index contributed by atoms with van der Waals surface area (Å²) in [5, 5.41) is 7.08. The Hall–Kier alpha value is -1.30. The third-order valence-electron chi connectivity index (χ3n) is 5.43. The van der Waals surface area contributed by atoms with Gasteiger partial charge in [-0.05, 0) is 73.9 Å². The first-order valence-corrected chi connectivity index (χ1v) is 10.5. The fourth-order valence-electron chi connectivity index (χ4n) is 3.89. The lowest BCUT2D eigenvalue weighted by Crippen LogP contribution is -2.42. The molecule has 0 aromatic heterocycles. The van der Waals surface area contributed by atoms with Crippen LogP contribution < -0.4 is 10.6 Å². The van der Waals surface area contributed by atoms with E-state index in [1.165, 1.54) is 16.7 Å². The summed E-state index contributed by atoms with van der Waals surface area (Å²) in [5.74, 6) is -1.17. The molecule has 1 aliphatic carbocycles. The van der Waals surface area contributed by atoms with Crippen molar-refractivity contribution < 1.29 is 13.2 Å². The lowest BCUT2D eigenvalue weighted by Gasteiger charge is -2.31. The second-order valence-corrected chi connectivity index (χ2v) is 7.84. The standard InChI is InChI=1S/C21H31F3N2S/c1-4-7-14-12-15(5-2)19(16(6-3)13-14)26-20(27)25-18-10-8-17(9-11-18)21(22,23)24/h12-13,17-18H,4-11H2,1-3H3,(H2,25,26,27). The number of halogens is 3. The third kappa shape index (κ3) is 6.09. The Labute approximate surface area is 166 Å². The molecule has 1 saturated carbocycles. The van der Waals surface area contributed by atoms with E-state index in [9.17, 15) is 13.2 Å². The van der Waals surface area contributed by atoms with Crippen LogP contribution in [0.25, 0.3) is 0 Å². The van der Waals surface area contributed by atoms with Gasteiger partial charge in [0.25, 0.3) is 0 Å². The minimum atomic E-state index is -4.07. The van der Waals surface area contributed by atoms with Gasteiger partial charge in [0.2, 0.25) is 0 Å². The molecule has 0 spiro atoms. The minimum absolute atomic E-state index is 0.0121. The van der Waals surface area contributed by atoms with E-state index < -0.39 is 12.1 Å². The summed E-state index contributed by atoms with van der Waals surface area (Å²) in [4.78, 5) is 0. The van der Waals surface area contributed by atoms with Crippen molar-refractivity contribution in [2.45, 2.75) is 84.4 Å². The highest BCUT2D eigenvalue weighted by Gasteiger charge is 2.41. The molecule has 0 radical (unpaired) electrons. The first-order chi connectivity index (χ1) is 12.8. The average molecular weight is 401 g/mol. The van der Waals surface area contributed by atoms with E-state index in [0.29, 0.717) is 18.0 Å². The summed E-state index contributed by atoms with van der Waals surface area (Å²) in [6, 6.07) is 4.49. The molecule has 27 heavy (non-hydrogen) atoms. The molecule has 0 unspecified atom stereocenters. The van der Waals surface area contributed by atoms with E-state index in [-0.39, 0.29) is 18.9 Å². The molecule has 152 valence electrons. The number of hydrogen-bond donors (Lipinski definition) is 2. The van der Waals surface area contributed by atoms with Crippen molar-refractivity contribution in [2.24, 2.45) is 5.92 Å². The minimum Gasteiger partial charge on any atom is -0.360 e. The number of nitrogens with one attached hydrogen (secondary N) is 2. The Morgan fingerprint density at radius 3 is 2.04 bits per heavy atom. The Balaban J connectivity index is 2.01. The molecular weight excluding hydrogens is 369 g/mol. The normalized spacial score (nSPS) is 20.4. The summed E-state index contributed by atoms with van der Waals surface area (Å²) in [6.45, 7) is 6.44. The predicted molar refractivity (Wildman–Crippen MR) is 110 cm³/mol. The molecule has 6 heteroatoms. The van der Waals surface area contributed by atoms with E-state index in [0.717, 1.165) is 31.4 Å². The van der Waals surface area contributed by atoms with Crippen molar-refractivity contribution in [1.29, 1.82) is 0 Å². The van der Waals surface area contributed by atoms with Gasteiger partial charge in [0, 0.05) is 11.7 Å². The number of aryl methyl sites for hydroxylation is 3. The van der Waals surface area contributed by atoms with Crippen LogP contribution in [0.15, 0.2) is 12.1 Å². The monoisotopic (exact) mass is 400 g/mol. The van der Waals surface area contributed by atoms with Crippen molar-refractivity contribution in [2.75, 3.05) is 5.32 Å². The zero-order valence-corrected chi connectivity index (χ0v) is 17.3. The Kier molecular flexibility index (Phi) is 7.95. The maximum atomic E-state index is 12.8. The number of anilines is 1. The highest BCUT2D eigenvalue weighted by Crippen LogP contribution is 2.37. The van der Waals surface area contributed by atoms with E-state index in [1.54, 1.807) is 0 Å². The molecule has 0 bridgehead atoms. The molecule has 0 aliphatic heterocycles. The van der Waals surface area contributed by atoms with E-state index in [1.807, 2.05) is 0 Å². The third-order valence-corrected chi connectivity index (χ3v) is 5.65. The van der Waals surface area contributed by atoms with Gasteiger partial charge in [0.05, 0.1) is 5.92 Å². The summed E-state index contributed by atoms with van der Waals surface area (Å²) < 4.78 is 38.4. The first-order valence-electron chi connectivity index (χ1n) is 10.1. The summed E-state index contributed by atoms with van der Waals surface area (Å²) >= 11 is 5.47. The quantitative estimate of drug-likeness (QED) is 0.558. The van der Waals surface area contributed by atoms with Crippen molar-refractivity contribution in [3.05, 3.63) is 28.8 Å². The van der Waals surface area contributed by atoms with Crippen molar-refractivity contribution in [1.82, 2.24) is 5.32 Å². The van der Waals surface area contributed by atoms with Crippen LogP contribution >= 0.6 is 12.2 Å². The number of hydrogen-bond acceptors (Lipinski definition) is 1. The smallest absolute Gasteiger partial charge is 0.360 e. The molecule has 1 aromatic carbocycles. The van der Waals surface area contributed by atoms with Gasteiger partial charge < -0.3 is 10.6 Å². The SMILES string of the molecule is CCCc1cc(CC)c(NC(=S)NC2CCC(C(F)(F)F)CC2)c(CC)c1. The fraction of sp³-hybridized carbons (Fsp3) is 0.667. The number of rotatable bonds is 6. The zero-order chi connectivity index (χ0) is 20.0. The maximum Gasteiger partial charge on any atom is 0.391 e. The van der Waals surface area contributed by atoms with Crippen molar-refractivity contribution in [3.63, 3.8) is 0 Å². The van der Waals surface area contributed by atoms with Crippen molar-refractivity contribution in [3.8, 4) is 0 Å². The molecule has 1 aromatic rings. The van der Waals surface area contributed by atoms with Crippen LogP contribution in [0.2, 0.25) is 0 Å². The second-order valence-electron chi connectivity index (χ2n) is 7.43. The molecule has 0 saturated heterocycles. The van der Waals surface area contributed by atoms with Crippen LogP contribution in [0, 0.1) is 5.92 Å². The number of thiocarbonyl (C=S) groups is 1. The molecule has 0 atom stereocenters. The van der Waals surface area contributed by atoms with Gasteiger partial charge in [-0.25, -0.2) is 0 Å². The van der Waals surface area contributed by atoms with E-state index >= 15 is 0 Å². The predicted octanol–water partition coefficient (Wildman–Crippen LogP) is 6.17.